The Kier molecular flexibility index (Phi) is 9.03. The van der Waals surface area contributed by atoms with E-state index in [0.29, 0.717) is 50.6 Å². The van der Waals surface area contributed by atoms with E-state index in [-0.39, 0.29) is 29.7 Å². The summed E-state index contributed by atoms with van der Waals surface area (Å²) < 4.78 is 40.2. The van der Waals surface area contributed by atoms with Gasteiger partial charge < -0.3 is 24.4 Å². The van der Waals surface area contributed by atoms with E-state index in [1.165, 1.54) is 18.2 Å². The number of nitrogens with one attached hydrogen (secondary N) is 1. The van der Waals surface area contributed by atoms with E-state index < -0.39 is 6.61 Å². The highest BCUT2D eigenvalue weighted by Crippen LogP contribution is 2.27. The molecule has 2 aromatic rings. The number of amides is 2. The Bertz CT molecular complexity index is 981. The Morgan fingerprint density at radius 3 is 2.35 bits per heavy atom. The van der Waals surface area contributed by atoms with Crippen LogP contribution < -0.4 is 19.5 Å². The fraction of sp³-hybridized carbons (Fsp3) is 0.417. The highest BCUT2D eigenvalue weighted by atomic mass is 19.3. The van der Waals surface area contributed by atoms with Crippen molar-refractivity contribution in [3.8, 4) is 17.2 Å². The van der Waals surface area contributed by atoms with E-state index in [4.69, 9.17) is 9.47 Å². The molecule has 184 valence electrons. The van der Waals surface area contributed by atoms with Crippen molar-refractivity contribution in [2.24, 2.45) is 0 Å². The summed E-state index contributed by atoms with van der Waals surface area (Å²) in [6.07, 6.45) is 0.647. The average Bonchev–Trinajstić information content (AvgIpc) is 2.84. The molecule has 1 aliphatic rings. The molecule has 8 nitrogen and oxygen atoms in total. The summed E-state index contributed by atoms with van der Waals surface area (Å²) in [6, 6.07) is 11.6. The third kappa shape index (κ3) is 6.80. The summed E-state index contributed by atoms with van der Waals surface area (Å²) in [5, 5.41) is 2.91. The Hall–Kier alpha value is -3.40. The van der Waals surface area contributed by atoms with Gasteiger partial charge in [-0.3, -0.25) is 14.5 Å². The van der Waals surface area contributed by atoms with Crippen LogP contribution in [0.15, 0.2) is 42.5 Å². The van der Waals surface area contributed by atoms with Crippen LogP contribution in [0.1, 0.15) is 15.9 Å². The van der Waals surface area contributed by atoms with Gasteiger partial charge in [-0.15, -0.1) is 0 Å². The molecule has 1 aliphatic heterocycles. The number of benzene rings is 2. The quantitative estimate of drug-likeness (QED) is 0.566. The molecule has 2 amide bonds. The van der Waals surface area contributed by atoms with Gasteiger partial charge in [-0.2, -0.15) is 8.78 Å². The van der Waals surface area contributed by atoms with Gasteiger partial charge in [0.05, 0.1) is 26.3 Å². The van der Waals surface area contributed by atoms with Gasteiger partial charge in [0.25, 0.3) is 5.91 Å². The maximum atomic E-state index is 12.8. The highest BCUT2D eigenvalue weighted by Gasteiger charge is 2.25. The molecular formula is C24H29F2N3O5. The summed E-state index contributed by atoms with van der Waals surface area (Å²) >= 11 is 0. The van der Waals surface area contributed by atoms with Gasteiger partial charge in [0.1, 0.15) is 5.75 Å². The van der Waals surface area contributed by atoms with Crippen LogP contribution in [0.25, 0.3) is 0 Å². The van der Waals surface area contributed by atoms with Gasteiger partial charge in [0.15, 0.2) is 11.5 Å². The molecule has 0 saturated carbocycles. The van der Waals surface area contributed by atoms with E-state index >= 15 is 0 Å². The van der Waals surface area contributed by atoms with Gasteiger partial charge in [0, 0.05) is 32.7 Å². The van der Waals surface area contributed by atoms with Crippen LogP contribution in [0.3, 0.4) is 0 Å². The molecule has 3 rings (SSSR count). The minimum Gasteiger partial charge on any atom is -0.493 e. The molecule has 0 bridgehead atoms. The molecule has 1 heterocycles. The summed E-state index contributed by atoms with van der Waals surface area (Å²) in [5.41, 5.74) is 1.12. The molecule has 0 aliphatic carbocycles. The summed E-state index contributed by atoms with van der Waals surface area (Å²) in [4.78, 5) is 28.7. The Balaban J connectivity index is 1.43. The number of halogens is 2. The second-order valence-electron chi connectivity index (χ2n) is 7.73. The number of para-hydroxylation sites is 1. The average molecular weight is 478 g/mol. The third-order valence-electron chi connectivity index (χ3n) is 5.54. The molecule has 0 atom stereocenters. The van der Waals surface area contributed by atoms with Crippen LogP contribution in [0.2, 0.25) is 0 Å². The molecule has 0 spiro atoms. The first-order chi connectivity index (χ1) is 16.4. The van der Waals surface area contributed by atoms with Crippen molar-refractivity contribution >= 4 is 11.8 Å². The molecule has 1 N–H and O–H groups in total. The first-order valence-corrected chi connectivity index (χ1v) is 10.9. The molecule has 10 heteroatoms. The predicted molar refractivity (Wildman–Crippen MR) is 122 cm³/mol. The van der Waals surface area contributed by atoms with Gasteiger partial charge in [-0.1, -0.05) is 18.2 Å². The summed E-state index contributed by atoms with van der Waals surface area (Å²) in [5.74, 6) is 0.685. The summed E-state index contributed by atoms with van der Waals surface area (Å²) in [7, 11) is 3.15. The van der Waals surface area contributed by atoms with Crippen molar-refractivity contribution in [1.82, 2.24) is 15.1 Å². The van der Waals surface area contributed by atoms with Crippen LogP contribution >= 0.6 is 0 Å². The fourth-order valence-corrected chi connectivity index (χ4v) is 3.76. The monoisotopic (exact) mass is 477 g/mol. The lowest BCUT2D eigenvalue weighted by Crippen LogP contribution is -2.51. The minimum atomic E-state index is -3.00. The van der Waals surface area contributed by atoms with E-state index in [0.717, 1.165) is 5.56 Å². The van der Waals surface area contributed by atoms with E-state index in [1.54, 1.807) is 25.2 Å². The van der Waals surface area contributed by atoms with Crippen molar-refractivity contribution in [2.75, 3.05) is 53.5 Å². The van der Waals surface area contributed by atoms with Crippen LogP contribution in [-0.4, -0.2) is 81.7 Å². The molecule has 0 radical (unpaired) electrons. The number of hydrogen-bond donors (Lipinski definition) is 1. The Morgan fingerprint density at radius 1 is 0.971 bits per heavy atom. The van der Waals surface area contributed by atoms with Crippen molar-refractivity contribution in [3.05, 3.63) is 53.6 Å². The van der Waals surface area contributed by atoms with Gasteiger partial charge in [-0.25, -0.2) is 0 Å². The van der Waals surface area contributed by atoms with E-state index in [1.807, 2.05) is 23.1 Å². The summed E-state index contributed by atoms with van der Waals surface area (Å²) in [6.45, 7) is -0.510. The van der Waals surface area contributed by atoms with Crippen LogP contribution in [0.4, 0.5) is 8.78 Å². The first-order valence-electron chi connectivity index (χ1n) is 10.9. The van der Waals surface area contributed by atoms with Crippen LogP contribution in [-0.2, 0) is 11.2 Å². The van der Waals surface area contributed by atoms with Crippen molar-refractivity contribution in [2.45, 2.75) is 13.0 Å². The largest absolute Gasteiger partial charge is 0.493 e. The number of carbonyl (C=O) groups is 2. The van der Waals surface area contributed by atoms with Crippen LogP contribution in [0, 0.1) is 0 Å². The van der Waals surface area contributed by atoms with E-state index in [2.05, 4.69) is 10.1 Å². The molecule has 34 heavy (non-hydrogen) atoms. The zero-order valence-corrected chi connectivity index (χ0v) is 19.3. The SMILES string of the molecule is COc1ccc(CCNC(=O)CN2CCN(C(=O)c3ccccc3OC(F)F)CC2)cc1OC. The number of alkyl halides is 2. The molecule has 2 aromatic carbocycles. The number of nitrogens with zero attached hydrogens (tertiary/aromatic N) is 2. The molecule has 1 saturated heterocycles. The number of ether oxygens (including phenoxy) is 3. The van der Waals surface area contributed by atoms with Gasteiger partial charge in [0.2, 0.25) is 5.91 Å². The topological polar surface area (TPSA) is 80.3 Å². The minimum absolute atomic E-state index is 0.101. The maximum absolute atomic E-state index is 12.8. The molecule has 0 unspecified atom stereocenters. The highest BCUT2D eigenvalue weighted by molar-refractivity contribution is 5.97. The second kappa shape index (κ2) is 12.2. The number of rotatable bonds is 10. The van der Waals surface area contributed by atoms with Crippen LogP contribution in [0.5, 0.6) is 17.2 Å². The van der Waals surface area contributed by atoms with Gasteiger partial charge in [-0.05, 0) is 36.2 Å². The zero-order valence-electron chi connectivity index (χ0n) is 19.3. The maximum Gasteiger partial charge on any atom is 0.387 e. The van der Waals surface area contributed by atoms with Gasteiger partial charge >= 0.3 is 6.61 Å². The number of methoxy groups -OCH3 is 2. The zero-order chi connectivity index (χ0) is 24.5. The standard InChI is InChI=1S/C24H29F2N3O5/c1-32-20-8-7-17(15-21(20)33-2)9-10-27-22(30)16-28-11-13-29(14-12-28)23(31)18-5-3-4-6-19(18)34-24(25)26/h3-8,15,24H,9-14,16H2,1-2H3,(H,27,30). The first kappa shape index (κ1) is 25.2. The molecule has 1 fully saturated rings. The lowest BCUT2D eigenvalue weighted by atomic mass is 10.1. The van der Waals surface area contributed by atoms with E-state index in [9.17, 15) is 18.4 Å². The lowest BCUT2D eigenvalue weighted by molar-refractivity contribution is -0.122. The van der Waals surface area contributed by atoms with Crippen molar-refractivity contribution in [1.29, 1.82) is 0 Å². The molecular weight excluding hydrogens is 448 g/mol. The number of piperazine rings is 1. The fourth-order valence-electron chi connectivity index (χ4n) is 3.76. The Morgan fingerprint density at radius 2 is 1.68 bits per heavy atom. The normalized spacial score (nSPS) is 14.1. The second-order valence-corrected chi connectivity index (χ2v) is 7.73. The van der Waals surface area contributed by atoms with Crippen molar-refractivity contribution < 1.29 is 32.6 Å². The Labute approximate surface area is 197 Å². The number of carbonyl (C=O) groups excluding carboxylic acids is 2. The van der Waals surface area contributed by atoms with Crippen molar-refractivity contribution in [3.63, 3.8) is 0 Å². The smallest absolute Gasteiger partial charge is 0.387 e. The lowest BCUT2D eigenvalue weighted by Gasteiger charge is -2.34. The third-order valence-corrected chi connectivity index (χ3v) is 5.54. The molecule has 0 aromatic heterocycles. The number of hydrogen-bond acceptors (Lipinski definition) is 6. The predicted octanol–water partition coefficient (Wildman–Crippen LogP) is 2.42.